The highest BCUT2D eigenvalue weighted by atomic mass is 79.9. The standard InChI is InChI=1S/C17H20BrFN8O3/c18-11-8-10(3-4-12(11)19)23-16(25-29)14-15(27-30-26-14)21-5-6-22-17(20)24-13(28)7-9-1-2-9/h3-4,8-9,29H,1-2,5-7H2,(H,21,27)(H,23,25)(H3,20,22,24,28). The van der Waals surface area contributed by atoms with Gasteiger partial charge in [-0.15, -0.1) is 0 Å². The van der Waals surface area contributed by atoms with Crippen molar-refractivity contribution in [1.29, 1.82) is 0 Å². The molecule has 11 nitrogen and oxygen atoms in total. The van der Waals surface area contributed by atoms with Crippen molar-refractivity contribution in [2.45, 2.75) is 19.3 Å². The number of carbonyl (C=O) groups is 1. The fourth-order valence-electron chi connectivity index (χ4n) is 2.44. The Labute approximate surface area is 179 Å². The molecule has 0 unspecified atom stereocenters. The van der Waals surface area contributed by atoms with Gasteiger partial charge in [-0.1, -0.05) is 0 Å². The lowest BCUT2D eigenvalue weighted by atomic mass is 10.3. The summed E-state index contributed by atoms with van der Waals surface area (Å²) in [5.74, 6) is 0.0563. The summed E-state index contributed by atoms with van der Waals surface area (Å²) in [6, 6.07) is 4.08. The van der Waals surface area contributed by atoms with Gasteiger partial charge < -0.3 is 11.1 Å². The number of amidine groups is 1. The van der Waals surface area contributed by atoms with Gasteiger partial charge in [0.15, 0.2) is 17.5 Å². The summed E-state index contributed by atoms with van der Waals surface area (Å²) in [7, 11) is 0. The highest BCUT2D eigenvalue weighted by molar-refractivity contribution is 9.10. The predicted molar refractivity (Wildman–Crippen MR) is 110 cm³/mol. The fraction of sp³-hybridized carbons (Fsp3) is 0.353. The fourth-order valence-corrected chi connectivity index (χ4v) is 2.81. The van der Waals surface area contributed by atoms with Crippen LogP contribution in [0.1, 0.15) is 25.0 Å². The van der Waals surface area contributed by atoms with Gasteiger partial charge in [-0.25, -0.2) is 14.0 Å². The number of carbonyl (C=O) groups excluding carboxylic acids is 1. The zero-order valence-corrected chi connectivity index (χ0v) is 17.3. The minimum Gasteiger partial charge on any atom is -0.370 e. The number of rotatable bonds is 8. The van der Waals surface area contributed by atoms with Crippen molar-refractivity contribution in [2.75, 3.05) is 18.4 Å². The van der Waals surface area contributed by atoms with Crippen LogP contribution in [0, 0.1) is 11.7 Å². The van der Waals surface area contributed by atoms with Crippen LogP contribution in [-0.4, -0.2) is 46.3 Å². The van der Waals surface area contributed by atoms with Crippen molar-refractivity contribution < 1.29 is 19.0 Å². The molecule has 2 aromatic rings. The van der Waals surface area contributed by atoms with E-state index >= 15 is 0 Å². The van der Waals surface area contributed by atoms with E-state index in [1.54, 1.807) is 0 Å². The topological polar surface area (TPSA) is 163 Å². The van der Waals surface area contributed by atoms with Gasteiger partial charge in [0.2, 0.25) is 11.7 Å². The van der Waals surface area contributed by atoms with Crippen LogP contribution in [-0.2, 0) is 4.79 Å². The van der Waals surface area contributed by atoms with E-state index in [4.69, 9.17) is 10.4 Å². The second-order valence-electron chi connectivity index (χ2n) is 6.52. The zero-order chi connectivity index (χ0) is 21.5. The molecule has 1 saturated carbocycles. The first kappa shape index (κ1) is 21.6. The van der Waals surface area contributed by atoms with Crippen molar-refractivity contribution in [1.82, 2.24) is 21.1 Å². The molecule has 160 valence electrons. The Morgan fingerprint density at radius 3 is 2.90 bits per heavy atom. The van der Waals surface area contributed by atoms with E-state index < -0.39 is 5.82 Å². The molecule has 0 atom stereocenters. The molecule has 13 heteroatoms. The summed E-state index contributed by atoms with van der Waals surface area (Å²) >= 11 is 3.07. The number of aromatic nitrogens is 2. The molecule has 0 saturated heterocycles. The molecule has 1 fully saturated rings. The van der Waals surface area contributed by atoms with E-state index in [0.717, 1.165) is 12.8 Å². The normalized spacial score (nSPS) is 14.5. The molecule has 1 aliphatic carbocycles. The minimum absolute atomic E-state index is 0.0436. The van der Waals surface area contributed by atoms with Gasteiger partial charge >= 0.3 is 0 Å². The Balaban J connectivity index is 1.57. The van der Waals surface area contributed by atoms with Crippen LogP contribution in [0.2, 0.25) is 0 Å². The molecule has 1 aromatic heterocycles. The first-order valence-electron chi connectivity index (χ1n) is 9.06. The molecular formula is C17H20BrFN8O3. The molecule has 0 radical (unpaired) electrons. The average Bonchev–Trinajstić information content (AvgIpc) is 3.40. The summed E-state index contributed by atoms with van der Waals surface area (Å²) in [4.78, 5) is 19.9. The van der Waals surface area contributed by atoms with Crippen LogP contribution in [0.25, 0.3) is 0 Å². The van der Waals surface area contributed by atoms with E-state index in [1.165, 1.54) is 18.2 Å². The van der Waals surface area contributed by atoms with Crippen molar-refractivity contribution in [3.8, 4) is 0 Å². The summed E-state index contributed by atoms with van der Waals surface area (Å²) < 4.78 is 18.3. The number of hydrogen-bond donors (Lipinski definition) is 5. The summed E-state index contributed by atoms with van der Waals surface area (Å²) in [5, 5.41) is 22.3. The van der Waals surface area contributed by atoms with Gasteiger partial charge in [-0.3, -0.25) is 25.8 Å². The number of amides is 1. The predicted octanol–water partition coefficient (Wildman–Crippen LogP) is 1.67. The maximum Gasteiger partial charge on any atom is 0.226 e. The van der Waals surface area contributed by atoms with Gasteiger partial charge in [-0.2, -0.15) is 0 Å². The molecule has 30 heavy (non-hydrogen) atoms. The second-order valence-corrected chi connectivity index (χ2v) is 7.38. The molecular weight excluding hydrogens is 463 g/mol. The number of hydroxylamine groups is 1. The molecule has 0 bridgehead atoms. The Bertz CT molecular complexity index is 960. The van der Waals surface area contributed by atoms with Gasteiger partial charge in [0.25, 0.3) is 0 Å². The molecule has 1 aliphatic rings. The van der Waals surface area contributed by atoms with Crippen molar-refractivity contribution >= 4 is 45.1 Å². The Morgan fingerprint density at radius 1 is 1.40 bits per heavy atom. The summed E-state index contributed by atoms with van der Waals surface area (Å²) in [6.07, 6.45) is 2.62. The van der Waals surface area contributed by atoms with E-state index in [-0.39, 0.29) is 40.2 Å². The summed E-state index contributed by atoms with van der Waals surface area (Å²) in [6.45, 7) is 0.535. The molecule has 3 rings (SSSR count). The van der Waals surface area contributed by atoms with Crippen LogP contribution in [0.3, 0.4) is 0 Å². The minimum atomic E-state index is -0.443. The third kappa shape index (κ3) is 6.22. The first-order valence-corrected chi connectivity index (χ1v) is 9.86. The smallest absolute Gasteiger partial charge is 0.226 e. The lowest BCUT2D eigenvalue weighted by molar-refractivity contribution is -0.120. The Morgan fingerprint density at radius 2 is 2.20 bits per heavy atom. The van der Waals surface area contributed by atoms with Gasteiger partial charge in [-0.05, 0) is 63.2 Å². The number of aliphatic imine (C=N–C) groups is 2. The van der Waals surface area contributed by atoms with E-state index in [2.05, 4.69) is 46.9 Å². The van der Waals surface area contributed by atoms with Crippen LogP contribution >= 0.6 is 15.9 Å². The number of guanidine groups is 1. The molecule has 0 spiro atoms. The quantitative estimate of drug-likeness (QED) is 0.164. The number of halogens is 2. The van der Waals surface area contributed by atoms with Crippen LogP contribution in [0.5, 0.6) is 0 Å². The summed E-state index contributed by atoms with van der Waals surface area (Å²) in [5.41, 5.74) is 8.07. The van der Waals surface area contributed by atoms with Crippen LogP contribution < -0.4 is 21.8 Å². The molecule has 1 heterocycles. The highest BCUT2D eigenvalue weighted by Crippen LogP contribution is 2.32. The van der Waals surface area contributed by atoms with Crippen molar-refractivity contribution in [2.24, 2.45) is 21.6 Å². The number of nitrogens with zero attached hydrogens (tertiary/aromatic N) is 4. The van der Waals surface area contributed by atoms with Crippen LogP contribution in [0.15, 0.2) is 37.3 Å². The van der Waals surface area contributed by atoms with Gasteiger partial charge in [0.1, 0.15) is 5.82 Å². The number of nitrogens with one attached hydrogen (secondary N) is 3. The molecule has 1 amide bonds. The average molecular weight is 483 g/mol. The zero-order valence-electron chi connectivity index (χ0n) is 15.7. The molecule has 0 aliphatic heterocycles. The highest BCUT2D eigenvalue weighted by Gasteiger charge is 2.24. The Kier molecular flexibility index (Phi) is 7.30. The molecule has 6 N–H and O–H groups in total. The third-order valence-corrected chi connectivity index (χ3v) is 4.70. The third-order valence-electron chi connectivity index (χ3n) is 4.09. The van der Waals surface area contributed by atoms with E-state index in [0.29, 0.717) is 24.6 Å². The van der Waals surface area contributed by atoms with E-state index in [1.807, 2.05) is 5.48 Å². The van der Waals surface area contributed by atoms with Crippen molar-refractivity contribution in [3.63, 3.8) is 0 Å². The first-order chi connectivity index (χ1) is 14.5. The lowest BCUT2D eigenvalue weighted by Crippen LogP contribution is -2.37. The monoisotopic (exact) mass is 482 g/mol. The number of anilines is 1. The lowest BCUT2D eigenvalue weighted by Gasteiger charge is -2.06. The molecule has 1 aromatic carbocycles. The second kappa shape index (κ2) is 10.1. The maximum absolute atomic E-state index is 13.4. The van der Waals surface area contributed by atoms with Crippen LogP contribution in [0.4, 0.5) is 15.9 Å². The van der Waals surface area contributed by atoms with E-state index in [9.17, 15) is 14.4 Å². The van der Waals surface area contributed by atoms with Gasteiger partial charge in [0.05, 0.1) is 16.7 Å². The van der Waals surface area contributed by atoms with Crippen molar-refractivity contribution in [3.05, 3.63) is 34.2 Å². The largest absolute Gasteiger partial charge is 0.370 e. The Hall–Kier alpha value is -3.06. The van der Waals surface area contributed by atoms with Gasteiger partial charge in [0, 0.05) is 13.0 Å². The number of nitrogens with two attached hydrogens (primary N) is 1. The maximum atomic E-state index is 13.4. The number of benzene rings is 1. The number of hydrogen-bond acceptors (Lipinski definition) is 8. The SMILES string of the molecule is NC(=NCCNc1nonc1C(=Nc1ccc(F)c(Br)c1)NO)NC(=O)CC1CC1.